The Morgan fingerprint density at radius 1 is 1.14 bits per heavy atom. The lowest BCUT2D eigenvalue weighted by molar-refractivity contribution is -0.117. The molecular weight excluding hydrogens is 376 g/mol. The number of nitriles is 1. The van der Waals surface area contributed by atoms with Gasteiger partial charge in [0, 0.05) is 38.9 Å². The molecule has 9 nitrogen and oxygen atoms in total. The molecule has 1 aromatic rings. The van der Waals surface area contributed by atoms with E-state index in [2.05, 4.69) is 5.32 Å². The molecule has 156 valence electrons. The summed E-state index contributed by atoms with van der Waals surface area (Å²) < 4.78 is 15.2. The second-order valence-electron chi connectivity index (χ2n) is 6.34. The third-order valence-corrected chi connectivity index (χ3v) is 4.57. The first-order chi connectivity index (χ1) is 14.0. The number of carbonyl (C=O) groups is 2. The van der Waals surface area contributed by atoms with E-state index in [0.717, 1.165) is 5.56 Å². The fourth-order valence-electron chi connectivity index (χ4n) is 2.94. The van der Waals surface area contributed by atoms with Gasteiger partial charge in [0.2, 0.25) is 0 Å². The Balaban J connectivity index is 1.86. The summed E-state index contributed by atoms with van der Waals surface area (Å²) in [6.07, 6.45) is 1.75. The van der Waals surface area contributed by atoms with Crippen LogP contribution in [0, 0.1) is 11.3 Å². The van der Waals surface area contributed by atoms with Crippen LogP contribution in [0.4, 0.5) is 4.79 Å². The number of carbonyl (C=O) groups excluding carboxylic acids is 2. The lowest BCUT2D eigenvalue weighted by Crippen LogP contribution is -2.47. The summed E-state index contributed by atoms with van der Waals surface area (Å²) in [7, 11) is 4.48. The maximum atomic E-state index is 12.3. The van der Waals surface area contributed by atoms with Crippen LogP contribution in [0.3, 0.4) is 0 Å². The number of rotatable bonds is 7. The van der Waals surface area contributed by atoms with E-state index < -0.39 is 5.91 Å². The Morgan fingerprint density at radius 2 is 1.83 bits per heavy atom. The van der Waals surface area contributed by atoms with Gasteiger partial charge < -0.3 is 29.3 Å². The van der Waals surface area contributed by atoms with Crippen molar-refractivity contribution < 1.29 is 23.8 Å². The number of hydrogen-bond acceptors (Lipinski definition) is 7. The van der Waals surface area contributed by atoms with Crippen LogP contribution in [-0.4, -0.2) is 75.9 Å². The van der Waals surface area contributed by atoms with E-state index in [1.54, 1.807) is 25.3 Å². The van der Waals surface area contributed by atoms with Gasteiger partial charge >= 0.3 is 6.09 Å². The molecule has 1 heterocycles. The smallest absolute Gasteiger partial charge is 0.409 e. The van der Waals surface area contributed by atoms with Crippen LogP contribution >= 0.6 is 0 Å². The second-order valence-corrected chi connectivity index (χ2v) is 6.34. The largest absolute Gasteiger partial charge is 0.493 e. The van der Waals surface area contributed by atoms with E-state index in [1.807, 2.05) is 29.2 Å². The Morgan fingerprint density at radius 3 is 2.41 bits per heavy atom. The molecule has 0 spiro atoms. The van der Waals surface area contributed by atoms with Crippen molar-refractivity contribution in [1.82, 2.24) is 15.1 Å². The van der Waals surface area contributed by atoms with Crippen molar-refractivity contribution in [2.75, 3.05) is 54.1 Å². The minimum Gasteiger partial charge on any atom is -0.493 e. The first kappa shape index (κ1) is 21.9. The van der Waals surface area contributed by atoms with Gasteiger partial charge in [-0.2, -0.15) is 5.26 Å². The van der Waals surface area contributed by atoms with Gasteiger partial charge in [0.25, 0.3) is 5.91 Å². The monoisotopic (exact) mass is 402 g/mol. The number of benzene rings is 1. The molecule has 2 rings (SSSR count). The van der Waals surface area contributed by atoms with Gasteiger partial charge in [0.15, 0.2) is 11.5 Å². The normalized spacial score (nSPS) is 14.1. The van der Waals surface area contributed by atoms with Gasteiger partial charge in [-0.3, -0.25) is 4.79 Å². The molecular formula is C20H26N4O5. The molecule has 0 saturated carbocycles. The molecule has 0 unspecified atom stereocenters. The molecule has 2 amide bonds. The molecule has 29 heavy (non-hydrogen) atoms. The van der Waals surface area contributed by atoms with Gasteiger partial charge in [0.1, 0.15) is 11.6 Å². The molecule has 9 heteroatoms. The van der Waals surface area contributed by atoms with Crippen molar-refractivity contribution in [3.05, 3.63) is 35.5 Å². The van der Waals surface area contributed by atoms with Crippen LogP contribution in [0.15, 0.2) is 30.0 Å². The van der Waals surface area contributed by atoms with Crippen LogP contribution in [0.1, 0.15) is 5.56 Å². The third-order valence-electron chi connectivity index (χ3n) is 4.57. The number of hydrogen-bond donors (Lipinski definition) is 1. The minimum atomic E-state index is -0.427. The van der Waals surface area contributed by atoms with E-state index in [-0.39, 0.29) is 11.7 Å². The SMILES string of the molecule is COC(=O)N1CCN(/C=C(/C#N)C(=O)NCCc2ccc(OC)c(OC)c2)CC1. The Hall–Kier alpha value is -3.41. The van der Waals surface area contributed by atoms with Gasteiger partial charge in [0.05, 0.1) is 21.3 Å². The molecule has 0 radical (unpaired) electrons. The maximum Gasteiger partial charge on any atom is 0.409 e. The molecule has 0 aromatic heterocycles. The minimum absolute atomic E-state index is 0.0313. The molecule has 0 atom stereocenters. The fraction of sp³-hybridized carbons (Fsp3) is 0.450. The Kier molecular flexibility index (Phi) is 8.15. The Labute approximate surface area is 170 Å². The number of nitrogens with one attached hydrogen (secondary N) is 1. The molecule has 1 saturated heterocycles. The van der Waals surface area contributed by atoms with E-state index in [1.165, 1.54) is 7.11 Å². The molecule has 0 bridgehead atoms. The summed E-state index contributed by atoms with van der Waals surface area (Å²) in [5, 5.41) is 12.1. The zero-order chi connectivity index (χ0) is 21.2. The summed E-state index contributed by atoms with van der Waals surface area (Å²) in [6, 6.07) is 7.50. The molecule has 1 aromatic carbocycles. The molecule has 1 aliphatic rings. The van der Waals surface area contributed by atoms with Gasteiger partial charge in [-0.15, -0.1) is 0 Å². The highest BCUT2D eigenvalue weighted by atomic mass is 16.5. The first-order valence-corrected chi connectivity index (χ1v) is 9.20. The summed E-state index contributed by atoms with van der Waals surface area (Å²) >= 11 is 0. The van der Waals surface area contributed by atoms with Crippen LogP contribution in [0.25, 0.3) is 0 Å². The predicted octanol–water partition coefficient (Wildman–Crippen LogP) is 1.15. The average molecular weight is 402 g/mol. The highest BCUT2D eigenvalue weighted by Gasteiger charge is 2.21. The van der Waals surface area contributed by atoms with E-state index in [4.69, 9.17) is 14.2 Å². The molecule has 1 N–H and O–H groups in total. The quantitative estimate of drug-likeness (QED) is 0.539. The van der Waals surface area contributed by atoms with Crippen LogP contribution < -0.4 is 14.8 Å². The number of nitrogens with zero attached hydrogens (tertiary/aromatic N) is 3. The number of methoxy groups -OCH3 is 3. The van der Waals surface area contributed by atoms with Gasteiger partial charge in [-0.25, -0.2) is 4.79 Å². The van der Waals surface area contributed by atoms with Crippen molar-refractivity contribution in [2.24, 2.45) is 0 Å². The van der Waals surface area contributed by atoms with E-state index in [9.17, 15) is 14.9 Å². The highest BCUT2D eigenvalue weighted by molar-refractivity contribution is 5.97. The topological polar surface area (TPSA) is 104 Å². The average Bonchev–Trinajstić information content (AvgIpc) is 2.76. The standard InChI is InChI=1S/C20H26N4O5/c1-27-17-5-4-15(12-18(17)28-2)6-7-22-19(25)16(13-21)14-23-8-10-24(11-9-23)20(26)29-3/h4-5,12,14H,6-11H2,1-3H3,(H,22,25)/b16-14-. The summed E-state index contributed by atoms with van der Waals surface area (Å²) in [6.45, 7) is 2.38. The van der Waals surface area contributed by atoms with Gasteiger partial charge in [-0.05, 0) is 24.1 Å². The maximum absolute atomic E-state index is 12.3. The summed E-state index contributed by atoms with van der Waals surface area (Å²) in [5.74, 6) is 0.839. The Bertz CT molecular complexity index is 795. The van der Waals surface area contributed by atoms with Crippen molar-refractivity contribution in [3.8, 4) is 17.6 Å². The lowest BCUT2D eigenvalue weighted by Gasteiger charge is -2.33. The zero-order valence-electron chi connectivity index (χ0n) is 16.9. The van der Waals surface area contributed by atoms with Crippen molar-refractivity contribution >= 4 is 12.0 Å². The first-order valence-electron chi connectivity index (χ1n) is 9.20. The summed E-state index contributed by atoms with van der Waals surface area (Å²) in [4.78, 5) is 27.3. The molecule has 1 aliphatic heterocycles. The van der Waals surface area contributed by atoms with Gasteiger partial charge in [-0.1, -0.05) is 6.07 Å². The number of ether oxygens (including phenoxy) is 3. The molecule has 0 aliphatic carbocycles. The van der Waals surface area contributed by atoms with Crippen molar-refractivity contribution in [3.63, 3.8) is 0 Å². The third kappa shape index (κ3) is 6.04. The van der Waals surface area contributed by atoms with Crippen LogP contribution in [0.2, 0.25) is 0 Å². The van der Waals surface area contributed by atoms with E-state index in [0.29, 0.717) is 50.6 Å². The number of amides is 2. The number of piperazine rings is 1. The second kappa shape index (κ2) is 10.8. The van der Waals surface area contributed by atoms with E-state index >= 15 is 0 Å². The predicted molar refractivity (Wildman–Crippen MR) is 106 cm³/mol. The van der Waals surface area contributed by atoms with Crippen molar-refractivity contribution in [2.45, 2.75) is 6.42 Å². The lowest BCUT2D eigenvalue weighted by atomic mass is 10.1. The molecule has 1 fully saturated rings. The summed E-state index contributed by atoms with van der Waals surface area (Å²) in [5.41, 5.74) is 1.01. The van der Waals surface area contributed by atoms with Crippen LogP contribution in [0.5, 0.6) is 11.5 Å². The van der Waals surface area contributed by atoms with Crippen molar-refractivity contribution in [1.29, 1.82) is 5.26 Å². The zero-order valence-corrected chi connectivity index (χ0v) is 16.9. The highest BCUT2D eigenvalue weighted by Crippen LogP contribution is 2.27. The fourth-order valence-corrected chi connectivity index (χ4v) is 2.94. The van der Waals surface area contributed by atoms with Crippen LogP contribution in [-0.2, 0) is 16.0 Å².